The van der Waals surface area contributed by atoms with Crippen molar-refractivity contribution in [3.63, 3.8) is 0 Å². The lowest BCUT2D eigenvalue weighted by atomic mass is 9.81. The number of hydrogen-bond donors (Lipinski definition) is 1. The van der Waals surface area contributed by atoms with E-state index < -0.39 is 11.6 Å². The highest BCUT2D eigenvalue weighted by Crippen LogP contribution is 2.48. The molecule has 0 amide bonds. The molecule has 3 aromatic rings. The third-order valence-corrected chi connectivity index (χ3v) is 9.16. The SMILES string of the molecule is CC(C)N(C)C[C@@H]1CO[C@]2(COc3ccccc3-c3c(C4CCCCC4)c4ccc(C(=O)O)cc4n3C2)C1. The van der Waals surface area contributed by atoms with E-state index in [2.05, 4.69) is 48.6 Å². The van der Waals surface area contributed by atoms with Crippen LogP contribution in [0.25, 0.3) is 22.2 Å². The van der Waals surface area contributed by atoms with E-state index in [0.29, 0.717) is 43.2 Å². The molecule has 0 unspecified atom stereocenters. The first-order valence-electron chi connectivity index (χ1n) is 14.3. The van der Waals surface area contributed by atoms with Crippen LogP contribution in [0.1, 0.15) is 74.2 Å². The van der Waals surface area contributed by atoms with E-state index in [0.717, 1.165) is 29.8 Å². The predicted octanol–water partition coefficient (Wildman–Crippen LogP) is 6.56. The van der Waals surface area contributed by atoms with Gasteiger partial charge >= 0.3 is 5.97 Å². The van der Waals surface area contributed by atoms with Crippen LogP contribution in [0.3, 0.4) is 0 Å². The van der Waals surface area contributed by atoms with Gasteiger partial charge in [-0.05, 0) is 81.8 Å². The molecule has 1 spiro atoms. The Morgan fingerprint density at radius 3 is 2.71 bits per heavy atom. The van der Waals surface area contributed by atoms with E-state index in [1.165, 1.54) is 48.7 Å². The summed E-state index contributed by atoms with van der Waals surface area (Å²) in [6.07, 6.45) is 7.02. The van der Waals surface area contributed by atoms with Gasteiger partial charge in [0.2, 0.25) is 0 Å². The van der Waals surface area contributed by atoms with E-state index in [9.17, 15) is 9.90 Å². The minimum atomic E-state index is -0.889. The molecule has 202 valence electrons. The molecule has 3 heterocycles. The molecule has 1 aromatic heterocycles. The largest absolute Gasteiger partial charge is 0.490 e. The number of aromatic nitrogens is 1. The van der Waals surface area contributed by atoms with Crippen LogP contribution < -0.4 is 4.74 Å². The molecule has 2 aromatic carbocycles. The molecule has 2 aliphatic heterocycles. The third kappa shape index (κ3) is 4.52. The van der Waals surface area contributed by atoms with Crippen molar-refractivity contribution >= 4 is 16.9 Å². The number of carbonyl (C=O) groups is 1. The number of carboxylic acids is 1. The molecule has 0 bridgehead atoms. The van der Waals surface area contributed by atoms with Crippen LogP contribution in [0.4, 0.5) is 0 Å². The molecule has 3 aliphatic rings. The van der Waals surface area contributed by atoms with E-state index in [-0.39, 0.29) is 0 Å². The second kappa shape index (κ2) is 10.0. The summed E-state index contributed by atoms with van der Waals surface area (Å²) in [7, 11) is 2.18. The summed E-state index contributed by atoms with van der Waals surface area (Å²) in [5.41, 5.74) is 4.53. The summed E-state index contributed by atoms with van der Waals surface area (Å²) >= 11 is 0. The smallest absolute Gasteiger partial charge is 0.335 e. The molecule has 6 heteroatoms. The molecule has 1 saturated heterocycles. The quantitative estimate of drug-likeness (QED) is 0.416. The Balaban J connectivity index is 1.53. The van der Waals surface area contributed by atoms with Crippen molar-refractivity contribution in [3.8, 4) is 17.0 Å². The molecular weight excluding hydrogens is 476 g/mol. The van der Waals surface area contributed by atoms with Crippen molar-refractivity contribution in [2.45, 2.75) is 76.5 Å². The van der Waals surface area contributed by atoms with Gasteiger partial charge < -0.3 is 24.0 Å². The number of benzene rings is 2. The van der Waals surface area contributed by atoms with Crippen LogP contribution in [-0.4, -0.2) is 59.0 Å². The zero-order valence-electron chi connectivity index (χ0n) is 22.9. The minimum Gasteiger partial charge on any atom is -0.490 e. The van der Waals surface area contributed by atoms with Gasteiger partial charge in [0.15, 0.2) is 0 Å². The van der Waals surface area contributed by atoms with E-state index in [4.69, 9.17) is 9.47 Å². The average molecular weight is 517 g/mol. The fourth-order valence-corrected chi connectivity index (χ4v) is 6.98. The molecular formula is C32H40N2O4. The number of hydrogen-bond acceptors (Lipinski definition) is 4. The number of rotatable bonds is 5. The summed E-state index contributed by atoms with van der Waals surface area (Å²) in [6, 6.07) is 14.5. The Bertz CT molecular complexity index is 1340. The third-order valence-electron chi connectivity index (χ3n) is 9.16. The van der Waals surface area contributed by atoms with Crippen molar-refractivity contribution in [2.24, 2.45) is 5.92 Å². The van der Waals surface area contributed by atoms with Crippen molar-refractivity contribution in [3.05, 3.63) is 53.6 Å². The zero-order chi connectivity index (χ0) is 26.4. The fraction of sp³-hybridized carbons (Fsp3) is 0.531. The minimum absolute atomic E-state index is 0.331. The van der Waals surface area contributed by atoms with Crippen molar-refractivity contribution in [1.29, 1.82) is 0 Å². The lowest BCUT2D eigenvalue weighted by Gasteiger charge is -2.34. The normalized spacial score (nSPS) is 23.9. The van der Waals surface area contributed by atoms with Crippen LogP contribution in [0.5, 0.6) is 5.75 Å². The molecule has 2 atom stereocenters. The predicted molar refractivity (Wildman–Crippen MR) is 150 cm³/mol. The Morgan fingerprint density at radius 1 is 1.16 bits per heavy atom. The van der Waals surface area contributed by atoms with Gasteiger partial charge in [0, 0.05) is 29.1 Å². The van der Waals surface area contributed by atoms with Gasteiger partial charge in [-0.15, -0.1) is 0 Å². The molecule has 1 aliphatic carbocycles. The molecule has 0 radical (unpaired) electrons. The zero-order valence-corrected chi connectivity index (χ0v) is 22.9. The summed E-state index contributed by atoms with van der Waals surface area (Å²) in [5, 5.41) is 11.1. The topological polar surface area (TPSA) is 63.9 Å². The fourth-order valence-electron chi connectivity index (χ4n) is 6.98. The highest BCUT2D eigenvalue weighted by molar-refractivity contribution is 5.98. The van der Waals surface area contributed by atoms with Gasteiger partial charge in [-0.2, -0.15) is 0 Å². The standard InChI is InChI=1S/C32H40N2O4/c1-21(2)33(3)17-22-16-32(38-18-22)19-34-27-15-24(31(35)36)13-14-25(27)29(23-9-5-4-6-10-23)30(34)26-11-7-8-12-28(26)37-20-32/h7-8,11-15,21-23H,4-6,9-10,16-20H2,1-3H3,(H,35,36)/t22-,32-/m1/s1. The van der Waals surface area contributed by atoms with Gasteiger partial charge in [-0.1, -0.05) is 37.5 Å². The van der Waals surface area contributed by atoms with E-state index >= 15 is 0 Å². The van der Waals surface area contributed by atoms with Gasteiger partial charge in [-0.3, -0.25) is 0 Å². The Morgan fingerprint density at radius 2 is 1.95 bits per heavy atom. The highest BCUT2D eigenvalue weighted by Gasteiger charge is 2.44. The first-order chi connectivity index (χ1) is 18.3. The summed E-state index contributed by atoms with van der Waals surface area (Å²) in [4.78, 5) is 14.4. The molecule has 1 saturated carbocycles. The summed E-state index contributed by atoms with van der Waals surface area (Å²) in [6.45, 7) is 7.31. The van der Waals surface area contributed by atoms with Gasteiger partial charge in [0.25, 0.3) is 0 Å². The van der Waals surface area contributed by atoms with Crippen molar-refractivity contribution < 1.29 is 19.4 Å². The highest BCUT2D eigenvalue weighted by atomic mass is 16.5. The molecule has 6 nitrogen and oxygen atoms in total. The van der Waals surface area contributed by atoms with Crippen LogP contribution in [0, 0.1) is 5.92 Å². The summed E-state index contributed by atoms with van der Waals surface area (Å²) < 4.78 is 15.6. The maximum atomic E-state index is 12.0. The van der Waals surface area contributed by atoms with E-state index in [1.54, 1.807) is 6.07 Å². The van der Waals surface area contributed by atoms with E-state index in [1.807, 2.05) is 18.2 Å². The van der Waals surface area contributed by atoms with Gasteiger partial charge in [0.1, 0.15) is 18.0 Å². The monoisotopic (exact) mass is 516 g/mol. The lowest BCUT2D eigenvalue weighted by molar-refractivity contribution is -0.0430. The number of aromatic carboxylic acids is 1. The molecule has 6 rings (SSSR count). The number of carboxylic acid groups (broad SMARTS) is 1. The van der Waals surface area contributed by atoms with Crippen LogP contribution in [0.2, 0.25) is 0 Å². The average Bonchev–Trinajstić information content (AvgIpc) is 3.45. The lowest BCUT2D eigenvalue weighted by Crippen LogP contribution is -2.41. The number of fused-ring (bicyclic) bond motifs is 5. The van der Waals surface area contributed by atoms with Crippen LogP contribution in [-0.2, 0) is 11.3 Å². The van der Waals surface area contributed by atoms with Crippen LogP contribution in [0.15, 0.2) is 42.5 Å². The Kier molecular flexibility index (Phi) is 6.73. The Labute approximate surface area is 225 Å². The number of ether oxygens (including phenoxy) is 2. The van der Waals surface area contributed by atoms with Crippen LogP contribution >= 0.6 is 0 Å². The first kappa shape index (κ1) is 25.4. The number of para-hydroxylation sites is 1. The van der Waals surface area contributed by atoms with Crippen molar-refractivity contribution in [1.82, 2.24) is 9.47 Å². The molecule has 38 heavy (non-hydrogen) atoms. The second-order valence-corrected chi connectivity index (χ2v) is 12.1. The molecule has 2 fully saturated rings. The van der Waals surface area contributed by atoms with Crippen molar-refractivity contribution in [2.75, 3.05) is 26.8 Å². The van der Waals surface area contributed by atoms with Gasteiger partial charge in [-0.25, -0.2) is 4.79 Å². The molecule has 1 N–H and O–H groups in total. The maximum absolute atomic E-state index is 12.0. The van der Waals surface area contributed by atoms with Gasteiger partial charge in [0.05, 0.1) is 24.4 Å². The Hall–Kier alpha value is -2.83. The maximum Gasteiger partial charge on any atom is 0.335 e. The second-order valence-electron chi connectivity index (χ2n) is 12.1. The first-order valence-corrected chi connectivity index (χ1v) is 14.3. The number of nitrogens with zero attached hydrogens (tertiary/aromatic N) is 2. The summed E-state index contributed by atoms with van der Waals surface area (Å²) in [5.74, 6) is 0.884.